The second-order valence-electron chi connectivity index (χ2n) is 6.35. The predicted octanol–water partition coefficient (Wildman–Crippen LogP) is 2.36. The van der Waals surface area contributed by atoms with Gasteiger partial charge < -0.3 is 15.2 Å². The monoisotopic (exact) mass is 290 g/mol. The number of benzene rings is 1. The van der Waals surface area contributed by atoms with E-state index in [1.807, 2.05) is 12.1 Å². The van der Waals surface area contributed by atoms with Crippen LogP contribution in [-0.4, -0.2) is 42.8 Å². The van der Waals surface area contributed by atoms with Gasteiger partial charge in [-0.25, -0.2) is 0 Å². The quantitative estimate of drug-likeness (QED) is 0.844. The molecule has 0 radical (unpaired) electrons. The van der Waals surface area contributed by atoms with E-state index in [1.165, 1.54) is 25.7 Å². The molecule has 1 aliphatic heterocycles. The second-order valence-corrected chi connectivity index (χ2v) is 6.35. The molecule has 1 saturated carbocycles. The van der Waals surface area contributed by atoms with Crippen molar-refractivity contribution in [1.29, 1.82) is 0 Å². The van der Waals surface area contributed by atoms with E-state index in [-0.39, 0.29) is 0 Å². The molecule has 0 amide bonds. The third kappa shape index (κ3) is 3.89. The number of ether oxygens (including phenoxy) is 1. The Morgan fingerprint density at radius 1 is 1.24 bits per heavy atom. The number of nitrogens with zero attached hydrogens (tertiary/aromatic N) is 1. The summed E-state index contributed by atoms with van der Waals surface area (Å²) in [5, 5.41) is 13.5. The second kappa shape index (κ2) is 6.67. The molecule has 1 heterocycles. The smallest absolute Gasteiger partial charge is 0.120 e. The molecule has 0 unspecified atom stereocenters. The van der Waals surface area contributed by atoms with Gasteiger partial charge in [-0.2, -0.15) is 0 Å². The zero-order chi connectivity index (χ0) is 14.7. The van der Waals surface area contributed by atoms with Crippen LogP contribution in [0, 0.1) is 5.92 Å². The van der Waals surface area contributed by atoms with Crippen LogP contribution in [0.25, 0.3) is 0 Å². The molecule has 1 aromatic rings. The van der Waals surface area contributed by atoms with Crippen molar-refractivity contribution in [2.75, 3.05) is 26.7 Å². The zero-order valence-electron chi connectivity index (χ0n) is 12.8. The molecule has 116 valence electrons. The van der Waals surface area contributed by atoms with Crippen LogP contribution >= 0.6 is 0 Å². The maximum atomic E-state index is 10.1. The largest absolute Gasteiger partial charge is 0.508 e. The maximum absolute atomic E-state index is 10.1. The Kier molecular flexibility index (Phi) is 4.66. The first kappa shape index (κ1) is 14.7. The van der Waals surface area contributed by atoms with E-state index in [9.17, 15) is 5.11 Å². The van der Waals surface area contributed by atoms with Crippen LogP contribution in [0.4, 0.5) is 0 Å². The molecule has 0 aromatic heterocycles. The van der Waals surface area contributed by atoms with Crippen molar-refractivity contribution < 1.29 is 9.84 Å². The molecular weight excluding hydrogens is 264 g/mol. The molecule has 1 saturated heterocycles. The van der Waals surface area contributed by atoms with Crippen molar-refractivity contribution in [3.05, 3.63) is 23.8 Å². The van der Waals surface area contributed by atoms with Gasteiger partial charge in [-0.05, 0) is 62.9 Å². The normalized spacial score (nSPS) is 19.9. The van der Waals surface area contributed by atoms with Crippen LogP contribution in [-0.2, 0) is 6.54 Å². The molecule has 2 N–H and O–H groups in total. The van der Waals surface area contributed by atoms with Crippen LogP contribution < -0.4 is 10.1 Å². The molecule has 4 nitrogen and oxygen atoms in total. The third-order valence-corrected chi connectivity index (χ3v) is 4.67. The molecular formula is C17H26N2O2. The molecule has 4 heteroatoms. The highest BCUT2D eigenvalue weighted by Crippen LogP contribution is 2.32. The van der Waals surface area contributed by atoms with Gasteiger partial charge >= 0.3 is 0 Å². The van der Waals surface area contributed by atoms with E-state index in [0.717, 1.165) is 43.4 Å². The van der Waals surface area contributed by atoms with E-state index in [1.54, 1.807) is 13.2 Å². The summed E-state index contributed by atoms with van der Waals surface area (Å²) < 4.78 is 5.28. The van der Waals surface area contributed by atoms with Gasteiger partial charge in [-0.3, -0.25) is 4.90 Å². The highest BCUT2D eigenvalue weighted by Gasteiger charge is 2.31. The van der Waals surface area contributed by atoms with Crippen molar-refractivity contribution in [2.45, 2.75) is 38.3 Å². The molecule has 3 rings (SSSR count). The fourth-order valence-electron chi connectivity index (χ4n) is 3.21. The van der Waals surface area contributed by atoms with Crippen molar-refractivity contribution >= 4 is 0 Å². The molecule has 1 aliphatic carbocycles. The number of phenolic OH excluding ortho intramolecular Hbond substituents is 1. The van der Waals surface area contributed by atoms with E-state index < -0.39 is 0 Å². The molecule has 1 aromatic carbocycles. The van der Waals surface area contributed by atoms with Gasteiger partial charge in [0.05, 0.1) is 7.11 Å². The highest BCUT2D eigenvalue weighted by molar-refractivity contribution is 5.39. The number of rotatable bonds is 6. The highest BCUT2D eigenvalue weighted by atomic mass is 16.5. The molecule has 0 spiro atoms. The van der Waals surface area contributed by atoms with Gasteiger partial charge in [-0.15, -0.1) is 0 Å². The topological polar surface area (TPSA) is 44.7 Å². The summed E-state index contributed by atoms with van der Waals surface area (Å²) in [4.78, 5) is 2.56. The van der Waals surface area contributed by atoms with Crippen LogP contribution in [0.1, 0.15) is 31.2 Å². The van der Waals surface area contributed by atoms with Gasteiger partial charge in [0.15, 0.2) is 0 Å². The first-order valence-corrected chi connectivity index (χ1v) is 8.07. The van der Waals surface area contributed by atoms with Crippen molar-refractivity contribution in [3.63, 3.8) is 0 Å². The molecule has 0 bridgehead atoms. The minimum atomic E-state index is 0.381. The number of hydrogen-bond donors (Lipinski definition) is 2. The van der Waals surface area contributed by atoms with Gasteiger partial charge in [-0.1, -0.05) is 0 Å². The number of aromatic hydroxyl groups is 1. The summed E-state index contributed by atoms with van der Waals surface area (Å²) in [6.45, 7) is 4.28. The van der Waals surface area contributed by atoms with E-state index in [4.69, 9.17) is 4.74 Å². The molecule has 2 aliphatic rings. The first-order chi connectivity index (χ1) is 10.3. The van der Waals surface area contributed by atoms with E-state index in [0.29, 0.717) is 11.8 Å². The van der Waals surface area contributed by atoms with Crippen molar-refractivity contribution in [2.24, 2.45) is 5.92 Å². The standard InChI is InChI=1S/C17H26N2O2/c1-21-16-4-5-17(20)14(10-16)12-19(15-2-3-15)11-13-6-8-18-9-7-13/h4-5,10,13,15,18,20H,2-3,6-9,11-12H2,1H3. The number of nitrogens with one attached hydrogen (secondary N) is 1. The van der Waals surface area contributed by atoms with Crippen molar-refractivity contribution in [3.8, 4) is 11.5 Å². The van der Waals surface area contributed by atoms with Gasteiger partial charge in [0, 0.05) is 24.7 Å². The minimum absolute atomic E-state index is 0.381. The number of piperidine rings is 1. The van der Waals surface area contributed by atoms with Crippen LogP contribution in [0.2, 0.25) is 0 Å². The predicted molar refractivity (Wildman–Crippen MR) is 83.7 cm³/mol. The number of hydrogen-bond acceptors (Lipinski definition) is 4. The Hall–Kier alpha value is -1.26. The summed E-state index contributed by atoms with van der Waals surface area (Å²) in [7, 11) is 1.67. The summed E-state index contributed by atoms with van der Waals surface area (Å²) in [5.41, 5.74) is 0.982. The Morgan fingerprint density at radius 2 is 2.00 bits per heavy atom. The molecule has 2 fully saturated rings. The van der Waals surface area contributed by atoms with Gasteiger partial charge in [0.25, 0.3) is 0 Å². The minimum Gasteiger partial charge on any atom is -0.508 e. The molecule has 21 heavy (non-hydrogen) atoms. The lowest BCUT2D eigenvalue weighted by atomic mass is 9.97. The summed E-state index contributed by atoms with van der Waals surface area (Å²) >= 11 is 0. The van der Waals surface area contributed by atoms with Crippen molar-refractivity contribution in [1.82, 2.24) is 10.2 Å². The Balaban J connectivity index is 1.67. The fraction of sp³-hybridized carbons (Fsp3) is 0.647. The summed E-state index contributed by atoms with van der Waals surface area (Å²) in [5.74, 6) is 1.99. The molecule has 0 atom stereocenters. The van der Waals surface area contributed by atoms with Crippen LogP contribution in [0.5, 0.6) is 11.5 Å². The van der Waals surface area contributed by atoms with Crippen LogP contribution in [0.3, 0.4) is 0 Å². The lowest BCUT2D eigenvalue weighted by Crippen LogP contribution is -2.37. The average Bonchev–Trinajstić information content (AvgIpc) is 3.34. The van der Waals surface area contributed by atoms with E-state index in [2.05, 4.69) is 10.2 Å². The fourth-order valence-corrected chi connectivity index (χ4v) is 3.21. The lowest BCUT2D eigenvalue weighted by molar-refractivity contribution is 0.188. The van der Waals surface area contributed by atoms with E-state index >= 15 is 0 Å². The first-order valence-electron chi connectivity index (χ1n) is 8.07. The summed E-state index contributed by atoms with van der Waals surface area (Å²) in [6, 6.07) is 6.23. The third-order valence-electron chi connectivity index (χ3n) is 4.67. The van der Waals surface area contributed by atoms with Crippen LogP contribution in [0.15, 0.2) is 18.2 Å². The Labute approximate surface area is 127 Å². The maximum Gasteiger partial charge on any atom is 0.120 e. The number of phenols is 1. The Morgan fingerprint density at radius 3 is 2.67 bits per heavy atom. The van der Waals surface area contributed by atoms with Gasteiger partial charge in [0.1, 0.15) is 11.5 Å². The number of methoxy groups -OCH3 is 1. The average molecular weight is 290 g/mol. The lowest BCUT2D eigenvalue weighted by Gasteiger charge is -2.30. The Bertz CT molecular complexity index is 468. The zero-order valence-corrected chi connectivity index (χ0v) is 12.8. The van der Waals surface area contributed by atoms with Gasteiger partial charge in [0.2, 0.25) is 0 Å². The summed E-state index contributed by atoms with van der Waals surface area (Å²) in [6.07, 6.45) is 5.14. The SMILES string of the molecule is COc1ccc(O)c(CN(CC2CCNCC2)C2CC2)c1.